The third-order valence-corrected chi connectivity index (χ3v) is 6.10. The molecule has 1 aliphatic carbocycles. The minimum absolute atomic E-state index is 0.814. The first kappa shape index (κ1) is 16.3. The number of benzene rings is 1. The van der Waals surface area contributed by atoms with Crippen LogP contribution < -0.4 is 11.1 Å². The third-order valence-electron chi connectivity index (χ3n) is 4.88. The second kappa shape index (κ2) is 7.00. The Morgan fingerprint density at radius 2 is 2.12 bits per heavy atom. The first-order chi connectivity index (χ1) is 12.2. The smallest absolute Gasteiger partial charge is 0.133 e. The number of nitrogens with one attached hydrogen (secondary N) is 1. The molecule has 0 aliphatic heterocycles. The summed E-state index contributed by atoms with van der Waals surface area (Å²) in [5.41, 5.74) is 9.44. The van der Waals surface area contributed by atoms with Crippen LogP contribution in [0.5, 0.6) is 0 Å². The van der Waals surface area contributed by atoms with Crippen molar-refractivity contribution in [3.05, 3.63) is 45.5 Å². The van der Waals surface area contributed by atoms with Crippen LogP contribution in [-0.2, 0) is 19.3 Å². The summed E-state index contributed by atoms with van der Waals surface area (Å²) in [5, 5.41) is 6.98. The molecule has 2 heterocycles. The highest BCUT2D eigenvalue weighted by Crippen LogP contribution is 2.29. The van der Waals surface area contributed by atoms with Gasteiger partial charge in [0.05, 0.1) is 10.7 Å². The molecule has 0 bridgehead atoms. The van der Waals surface area contributed by atoms with Crippen LogP contribution in [0.1, 0.15) is 40.4 Å². The van der Waals surface area contributed by atoms with Gasteiger partial charge < -0.3 is 11.1 Å². The van der Waals surface area contributed by atoms with Crippen molar-refractivity contribution in [1.29, 1.82) is 0 Å². The van der Waals surface area contributed by atoms with Gasteiger partial charge in [0.25, 0.3) is 0 Å². The largest absolute Gasteiger partial charge is 0.398 e. The van der Waals surface area contributed by atoms with Gasteiger partial charge in [0.1, 0.15) is 5.82 Å². The van der Waals surface area contributed by atoms with Crippen molar-refractivity contribution in [2.75, 3.05) is 17.6 Å². The lowest BCUT2D eigenvalue weighted by Crippen LogP contribution is -2.06. The van der Waals surface area contributed by atoms with Crippen LogP contribution in [0.15, 0.2) is 24.4 Å². The van der Waals surface area contributed by atoms with Crippen LogP contribution in [0, 0.1) is 6.92 Å². The van der Waals surface area contributed by atoms with Crippen molar-refractivity contribution in [1.82, 2.24) is 9.97 Å². The highest BCUT2D eigenvalue weighted by atomic mass is 32.1. The standard InChI is InChI=1S/C20H24N4S/c1-13-12-23-20(14-6-4-7-15(21)19(13)14)22-11-5-10-18-24-16-8-2-3-9-17(16)25-18/h4,6-7,12H,2-3,5,8-11,21H2,1H3,(H,22,23). The molecule has 2 aromatic heterocycles. The number of anilines is 2. The SMILES string of the molecule is Cc1cnc(NCCCc2nc3c(s2)CCCC3)c2cccc(N)c12. The Bertz CT molecular complexity index is 868. The first-order valence-corrected chi connectivity index (χ1v) is 9.89. The molecule has 1 aliphatic rings. The fourth-order valence-corrected chi connectivity index (χ4v) is 4.80. The third kappa shape index (κ3) is 3.33. The number of aromatic nitrogens is 2. The van der Waals surface area contributed by atoms with Gasteiger partial charge in [0.15, 0.2) is 0 Å². The van der Waals surface area contributed by atoms with Gasteiger partial charge in [0.2, 0.25) is 0 Å². The molecule has 5 heteroatoms. The van der Waals surface area contributed by atoms with E-state index in [4.69, 9.17) is 10.7 Å². The van der Waals surface area contributed by atoms with Crippen LogP contribution in [0.3, 0.4) is 0 Å². The Kier molecular flexibility index (Phi) is 4.57. The summed E-state index contributed by atoms with van der Waals surface area (Å²) in [6, 6.07) is 6.02. The first-order valence-electron chi connectivity index (χ1n) is 9.07. The van der Waals surface area contributed by atoms with E-state index >= 15 is 0 Å². The summed E-state index contributed by atoms with van der Waals surface area (Å²) in [6.07, 6.45) is 9.02. The second-order valence-corrected chi connectivity index (χ2v) is 7.94. The molecule has 130 valence electrons. The monoisotopic (exact) mass is 352 g/mol. The minimum Gasteiger partial charge on any atom is -0.398 e. The number of aryl methyl sites for hydroxylation is 4. The molecule has 3 N–H and O–H groups in total. The maximum atomic E-state index is 6.14. The van der Waals surface area contributed by atoms with E-state index in [1.54, 1.807) is 0 Å². The number of rotatable bonds is 5. The van der Waals surface area contributed by atoms with Gasteiger partial charge in [-0.2, -0.15) is 0 Å². The maximum Gasteiger partial charge on any atom is 0.133 e. The van der Waals surface area contributed by atoms with E-state index in [1.165, 1.54) is 41.3 Å². The van der Waals surface area contributed by atoms with Crippen molar-refractivity contribution in [2.24, 2.45) is 0 Å². The van der Waals surface area contributed by atoms with E-state index in [9.17, 15) is 0 Å². The van der Waals surface area contributed by atoms with Crippen molar-refractivity contribution < 1.29 is 0 Å². The lowest BCUT2D eigenvalue weighted by atomic mass is 10.0. The summed E-state index contributed by atoms with van der Waals surface area (Å²) in [7, 11) is 0. The molecule has 0 fully saturated rings. The minimum atomic E-state index is 0.814. The number of nitrogens with two attached hydrogens (primary N) is 1. The Labute approximate surface area is 152 Å². The topological polar surface area (TPSA) is 63.8 Å². The quantitative estimate of drug-likeness (QED) is 0.524. The highest BCUT2D eigenvalue weighted by molar-refractivity contribution is 7.11. The zero-order chi connectivity index (χ0) is 17.2. The molecular weight excluding hydrogens is 328 g/mol. The van der Waals surface area contributed by atoms with Gasteiger partial charge in [-0.15, -0.1) is 11.3 Å². The van der Waals surface area contributed by atoms with Gasteiger partial charge in [0, 0.05) is 40.5 Å². The molecule has 0 unspecified atom stereocenters. The Hall–Kier alpha value is -2.14. The summed E-state index contributed by atoms with van der Waals surface area (Å²) >= 11 is 1.92. The van der Waals surface area contributed by atoms with E-state index in [2.05, 4.69) is 23.3 Å². The van der Waals surface area contributed by atoms with Crippen molar-refractivity contribution in [3.8, 4) is 0 Å². The van der Waals surface area contributed by atoms with Crippen LogP contribution in [0.2, 0.25) is 0 Å². The maximum absolute atomic E-state index is 6.14. The van der Waals surface area contributed by atoms with Crippen molar-refractivity contribution >= 4 is 33.6 Å². The predicted molar refractivity (Wildman–Crippen MR) is 106 cm³/mol. The van der Waals surface area contributed by atoms with Crippen molar-refractivity contribution in [2.45, 2.75) is 45.4 Å². The number of pyridine rings is 1. The summed E-state index contributed by atoms with van der Waals surface area (Å²) in [4.78, 5) is 10.9. The molecule has 0 saturated carbocycles. The number of fused-ring (bicyclic) bond motifs is 2. The molecule has 25 heavy (non-hydrogen) atoms. The molecule has 4 rings (SSSR count). The van der Waals surface area contributed by atoms with Gasteiger partial charge in [-0.3, -0.25) is 0 Å². The Morgan fingerprint density at radius 1 is 1.24 bits per heavy atom. The second-order valence-electron chi connectivity index (χ2n) is 6.77. The number of nitrogen functional groups attached to an aromatic ring is 1. The van der Waals surface area contributed by atoms with E-state index in [0.717, 1.165) is 47.2 Å². The number of thiazole rings is 1. The molecular formula is C20H24N4S. The fraction of sp³-hybridized carbons (Fsp3) is 0.400. The molecule has 0 saturated heterocycles. The van der Waals surface area contributed by atoms with Crippen molar-refractivity contribution in [3.63, 3.8) is 0 Å². The lowest BCUT2D eigenvalue weighted by Gasteiger charge is -2.11. The molecule has 0 spiro atoms. The average molecular weight is 353 g/mol. The number of hydrogen-bond acceptors (Lipinski definition) is 5. The van der Waals surface area contributed by atoms with Gasteiger partial charge in [-0.05, 0) is 50.7 Å². The van der Waals surface area contributed by atoms with E-state index in [1.807, 2.05) is 29.7 Å². The zero-order valence-electron chi connectivity index (χ0n) is 14.6. The summed E-state index contributed by atoms with van der Waals surface area (Å²) in [6.45, 7) is 2.95. The molecule has 0 radical (unpaired) electrons. The normalized spacial score (nSPS) is 13.8. The number of nitrogens with zero attached hydrogens (tertiary/aromatic N) is 2. The van der Waals surface area contributed by atoms with E-state index in [-0.39, 0.29) is 0 Å². The molecule has 0 atom stereocenters. The molecule has 3 aromatic rings. The highest BCUT2D eigenvalue weighted by Gasteiger charge is 2.14. The van der Waals surface area contributed by atoms with E-state index in [0.29, 0.717) is 0 Å². The lowest BCUT2D eigenvalue weighted by molar-refractivity contribution is 0.679. The van der Waals surface area contributed by atoms with Crippen LogP contribution in [-0.4, -0.2) is 16.5 Å². The fourth-order valence-electron chi connectivity index (χ4n) is 3.60. The Balaban J connectivity index is 1.40. The van der Waals surface area contributed by atoms with Crippen LogP contribution in [0.4, 0.5) is 11.5 Å². The van der Waals surface area contributed by atoms with Crippen LogP contribution in [0.25, 0.3) is 10.8 Å². The van der Waals surface area contributed by atoms with E-state index < -0.39 is 0 Å². The van der Waals surface area contributed by atoms with Gasteiger partial charge in [-0.1, -0.05) is 12.1 Å². The number of hydrogen-bond donors (Lipinski definition) is 2. The summed E-state index contributed by atoms with van der Waals surface area (Å²) < 4.78 is 0. The van der Waals surface area contributed by atoms with Gasteiger partial charge in [-0.25, -0.2) is 9.97 Å². The molecule has 4 nitrogen and oxygen atoms in total. The van der Waals surface area contributed by atoms with Crippen LogP contribution >= 0.6 is 11.3 Å². The predicted octanol–water partition coefficient (Wildman–Crippen LogP) is 4.51. The average Bonchev–Trinajstić information content (AvgIpc) is 3.03. The molecule has 0 amide bonds. The molecule has 1 aromatic carbocycles. The zero-order valence-corrected chi connectivity index (χ0v) is 15.5. The Morgan fingerprint density at radius 3 is 3.00 bits per heavy atom. The summed E-state index contributed by atoms with van der Waals surface area (Å²) in [5.74, 6) is 0.923. The van der Waals surface area contributed by atoms with Gasteiger partial charge >= 0.3 is 0 Å².